The molecule has 0 radical (unpaired) electrons. The second-order valence-corrected chi connectivity index (χ2v) is 6.42. The van der Waals surface area contributed by atoms with Crippen LogP contribution in [0.25, 0.3) is 10.9 Å². The normalized spacial score (nSPS) is 12.6. The third-order valence-corrected chi connectivity index (χ3v) is 4.82. The molecule has 114 valence electrons. The van der Waals surface area contributed by atoms with E-state index in [2.05, 4.69) is 47.6 Å². The number of aromatic nitrogens is 1. The Morgan fingerprint density at radius 3 is 2.91 bits per heavy atom. The SMILES string of the molecule is CCCCC(OCc1cccc2ncccc12)c1cccs1. The molecule has 1 atom stereocenters. The number of thiophene rings is 1. The summed E-state index contributed by atoms with van der Waals surface area (Å²) < 4.78 is 6.27. The lowest BCUT2D eigenvalue weighted by molar-refractivity contribution is 0.0354. The molecule has 0 aliphatic heterocycles. The van der Waals surface area contributed by atoms with Gasteiger partial charge in [0.1, 0.15) is 0 Å². The van der Waals surface area contributed by atoms with E-state index in [4.69, 9.17) is 4.74 Å². The van der Waals surface area contributed by atoms with Gasteiger partial charge in [0.25, 0.3) is 0 Å². The molecule has 0 saturated carbocycles. The van der Waals surface area contributed by atoms with Crippen LogP contribution in [0.2, 0.25) is 0 Å². The predicted molar refractivity (Wildman–Crippen MR) is 93.1 cm³/mol. The van der Waals surface area contributed by atoms with E-state index in [1.54, 1.807) is 11.3 Å². The van der Waals surface area contributed by atoms with Gasteiger partial charge in [-0.1, -0.05) is 44.0 Å². The molecule has 3 aromatic rings. The van der Waals surface area contributed by atoms with E-state index in [-0.39, 0.29) is 6.10 Å². The van der Waals surface area contributed by atoms with Crippen LogP contribution in [-0.2, 0) is 11.3 Å². The maximum absolute atomic E-state index is 6.27. The van der Waals surface area contributed by atoms with Crippen LogP contribution in [-0.4, -0.2) is 4.98 Å². The van der Waals surface area contributed by atoms with Crippen LogP contribution >= 0.6 is 11.3 Å². The van der Waals surface area contributed by atoms with Gasteiger partial charge in [0.05, 0.1) is 18.2 Å². The number of unbranched alkanes of at least 4 members (excludes halogenated alkanes) is 1. The predicted octanol–water partition coefficient (Wildman–Crippen LogP) is 5.74. The van der Waals surface area contributed by atoms with Crippen molar-refractivity contribution >= 4 is 22.2 Å². The number of pyridine rings is 1. The van der Waals surface area contributed by atoms with E-state index in [1.165, 1.54) is 28.7 Å². The van der Waals surface area contributed by atoms with Crippen molar-refractivity contribution in [2.24, 2.45) is 0 Å². The molecule has 2 nitrogen and oxygen atoms in total. The summed E-state index contributed by atoms with van der Waals surface area (Å²) >= 11 is 1.78. The highest BCUT2D eigenvalue weighted by atomic mass is 32.1. The second-order valence-electron chi connectivity index (χ2n) is 5.44. The fourth-order valence-electron chi connectivity index (χ4n) is 2.66. The molecule has 0 amide bonds. The number of fused-ring (bicyclic) bond motifs is 1. The molecule has 0 aliphatic carbocycles. The van der Waals surface area contributed by atoms with E-state index in [1.807, 2.05) is 18.3 Å². The zero-order chi connectivity index (χ0) is 15.2. The van der Waals surface area contributed by atoms with Gasteiger partial charge >= 0.3 is 0 Å². The van der Waals surface area contributed by atoms with Crippen LogP contribution in [0.3, 0.4) is 0 Å². The highest BCUT2D eigenvalue weighted by Crippen LogP contribution is 2.29. The minimum absolute atomic E-state index is 0.201. The molecule has 1 unspecified atom stereocenters. The Morgan fingerprint density at radius 1 is 1.14 bits per heavy atom. The highest BCUT2D eigenvalue weighted by molar-refractivity contribution is 7.10. The average molecular weight is 311 g/mol. The van der Waals surface area contributed by atoms with Gasteiger partial charge in [0, 0.05) is 16.5 Å². The molecule has 1 aromatic carbocycles. The summed E-state index contributed by atoms with van der Waals surface area (Å²) in [6.07, 6.45) is 5.51. The molecule has 0 saturated heterocycles. The first-order chi connectivity index (χ1) is 10.9. The summed E-state index contributed by atoms with van der Waals surface area (Å²) in [6, 6.07) is 14.6. The van der Waals surface area contributed by atoms with Crippen molar-refractivity contribution in [3.05, 3.63) is 64.5 Å². The zero-order valence-corrected chi connectivity index (χ0v) is 13.7. The van der Waals surface area contributed by atoms with Gasteiger partial charge in [-0.25, -0.2) is 0 Å². The lowest BCUT2D eigenvalue weighted by Gasteiger charge is -2.17. The Balaban J connectivity index is 1.76. The lowest BCUT2D eigenvalue weighted by Crippen LogP contribution is -2.03. The van der Waals surface area contributed by atoms with E-state index in [0.717, 1.165) is 11.9 Å². The summed E-state index contributed by atoms with van der Waals surface area (Å²) in [4.78, 5) is 5.74. The third-order valence-electron chi connectivity index (χ3n) is 3.86. The van der Waals surface area contributed by atoms with Crippen molar-refractivity contribution < 1.29 is 4.74 Å². The third kappa shape index (κ3) is 3.54. The molecule has 3 rings (SSSR count). The maximum atomic E-state index is 6.27. The van der Waals surface area contributed by atoms with Crippen molar-refractivity contribution in [1.29, 1.82) is 0 Å². The quantitative estimate of drug-likeness (QED) is 0.554. The highest BCUT2D eigenvalue weighted by Gasteiger charge is 2.13. The fraction of sp³-hybridized carbons (Fsp3) is 0.316. The van der Waals surface area contributed by atoms with Crippen molar-refractivity contribution in [3.63, 3.8) is 0 Å². The van der Waals surface area contributed by atoms with E-state index in [9.17, 15) is 0 Å². The summed E-state index contributed by atoms with van der Waals surface area (Å²) in [5.41, 5.74) is 2.24. The van der Waals surface area contributed by atoms with Gasteiger partial charge in [-0.2, -0.15) is 0 Å². The van der Waals surface area contributed by atoms with E-state index in [0.29, 0.717) is 6.61 Å². The zero-order valence-electron chi connectivity index (χ0n) is 12.9. The summed E-state index contributed by atoms with van der Waals surface area (Å²) in [7, 11) is 0. The Bertz CT molecular complexity index is 703. The van der Waals surface area contributed by atoms with Crippen molar-refractivity contribution in [2.75, 3.05) is 0 Å². The van der Waals surface area contributed by atoms with E-state index < -0.39 is 0 Å². The minimum Gasteiger partial charge on any atom is -0.368 e. The molecule has 22 heavy (non-hydrogen) atoms. The molecular weight excluding hydrogens is 290 g/mol. The molecule has 2 heterocycles. The van der Waals surface area contributed by atoms with Crippen LogP contribution < -0.4 is 0 Å². The fourth-order valence-corrected chi connectivity index (χ4v) is 3.46. The Morgan fingerprint density at radius 2 is 2.09 bits per heavy atom. The maximum Gasteiger partial charge on any atom is 0.0921 e. The first-order valence-electron chi connectivity index (χ1n) is 7.86. The minimum atomic E-state index is 0.201. The first kappa shape index (κ1) is 15.2. The van der Waals surface area contributed by atoms with Gasteiger partial charge in [-0.15, -0.1) is 11.3 Å². The number of ether oxygens (including phenoxy) is 1. The Labute approximate surface area is 135 Å². The standard InChI is InChI=1S/C19H21NOS/c1-2-3-10-18(19-11-6-13-22-19)21-14-15-7-4-9-17-16(15)8-5-12-20-17/h4-9,11-13,18H,2-3,10,14H2,1H3. The van der Waals surface area contributed by atoms with Gasteiger partial charge in [-0.3, -0.25) is 4.98 Å². The van der Waals surface area contributed by atoms with Gasteiger partial charge in [0.2, 0.25) is 0 Å². The lowest BCUT2D eigenvalue weighted by atomic mass is 10.1. The molecule has 0 aliphatic rings. The number of rotatable bonds is 7. The van der Waals surface area contributed by atoms with E-state index >= 15 is 0 Å². The number of hydrogen-bond acceptors (Lipinski definition) is 3. The van der Waals surface area contributed by atoms with Crippen molar-refractivity contribution in [3.8, 4) is 0 Å². The largest absolute Gasteiger partial charge is 0.368 e. The first-order valence-corrected chi connectivity index (χ1v) is 8.74. The molecule has 0 N–H and O–H groups in total. The van der Waals surface area contributed by atoms with Crippen LogP contribution in [0.5, 0.6) is 0 Å². The topological polar surface area (TPSA) is 22.1 Å². The average Bonchev–Trinajstić information content (AvgIpc) is 3.09. The Hall–Kier alpha value is -1.71. The molecular formula is C19H21NOS. The van der Waals surface area contributed by atoms with Crippen LogP contribution in [0.1, 0.15) is 42.7 Å². The number of benzene rings is 1. The van der Waals surface area contributed by atoms with Crippen LogP contribution in [0.4, 0.5) is 0 Å². The monoisotopic (exact) mass is 311 g/mol. The van der Waals surface area contributed by atoms with Crippen LogP contribution in [0.15, 0.2) is 54.0 Å². The van der Waals surface area contributed by atoms with Gasteiger partial charge in [0.15, 0.2) is 0 Å². The number of hydrogen-bond donors (Lipinski definition) is 0. The van der Waals surface area contributed by atoms with Crippen molar-refractivity contribution in [1.82, 2.24) is 4.98 Å². The smallest absolute Gasteiger partial charge is 0.0921 e. The summed E-state index contributed by atoms with van der Waals surface area (Å²) in [5.74, 6) is 0. The second kappa shape index (κ2) is 7.52. The van der Waals surface area contributed by atoms with Gasteiger partial charge < -0.3 is 4.74 Å². The number of nitrogens with zero attached hydrogens (tertiary/aromatic N) is 1. The van der Waals surface area contributed by atoms with Crippen molar-refractivity contribution in [2.45, 2.75) is 38.9 Å². The Kier molecular flexibility index (Phi) is 5.20. The van der Waals surface area contributed by atoms with Gasteiger partial charge in [-0.05, 0) is 35.6 Å². The molecule has 3 heteroatoms. The molecule has 0 spiro atoms. The molecule has 0 fully saturated rings. The summed E-state index contributed by atoms with van der Waals surface area (Å²) in [6.45, 7) is 2.86. The summed E-state index contributed by atoms with van der Waals surface area (Å²) in [5, 5.41) is 3.31. The molecule has 0 bridgehead atoms. The van der Waals surface area contributed by atoms with Crippen LogP contribution in [0, 0.1) is 0 Å². The molecule has 2 aromatic heterocycles.